The van der Waals surface area contributed by atoms with Gasteiger partial charge in [-0.1, -0.05) is 0 Å². The summed E-state index contributed by atoms with van der Waals surface area (Å²) in [4.78, 5) is 17.3. The summed E-state index contributed by atoms with van der Waals surface area (Å²) in [5.74, 6) is 0.0830. The molecule has 1 amide bonds. The van der Waals surface area contributed by atoms with Gasteiger partial charge in [-0.05, 0) is 25.8 Å². The van der Waals surface area contributed by atoms with Gasteiger partial charge in [-0.2, -0.15) is 5.10 Å². The van der Waals surface area contributed by atoms with E-state index in [1.54, 1.807) is 19.6 Å². The molecule has 0 aromatic carbocycles. The highest BCUT2D eigenvalue weighted by Crippen LogP contribution is 2.10. The molecule has 2 rings (SSSR count). The topological polar surface area (TPSA) is 63.1 Å². The van der Waals surface area contributed by atoms with Crippen molar-refractivity contribution in [3.63, 3.8) is 0 Å². The number of carbonyl (C=O) groups is 1. The minimum atomic E-state index is 0.0830. The first-order chi connectivity index (χ1) is 8.74. The van der Waals surface area contributed by atoms with E-state index in [1.165, 1.54) is 0 Å². The Morgan fingerprint density at radius 2 is 2.17 bits per heavy atom. The lowest BCUT2D eigenvalue weighted by Gasteiger charge is -2.32. The fourth-order valence-corrected chi connectivity index (χ4v) is 2.39. The van der Waals surface area contributed by atoms with Gasteiger partial charge < -0.3 is 10.2 Å². The number of amides is 1. The van der Waals surface area contributed by atoms with Crippen LogP contribution in [0.15, 0.2) is 12.7 Å². The first-order valence-electron chi connectivity index (χ1n) is 6.56. The minimum Gasteiger partial charge on any atom is -0.354 e. The number of aromatic nitrogens is 3. The van der Waals surface area contributed by atoms with Gasteiger partial charge in [0.15, 0.2) is 0 Å². The fraction of sp³-hybridized carbons (Fsp3) is 0.750. The Balaban J connectivity index is 1.60. The zero-order valence-corrected chi connectivity index (χ0v) is 10.9. The Kier molecular flexibility index (Phi) is 4.69. The van der Waals surface area contributed by atoms with Crippen LogP contribution < -0.4 is 5.32 Å². The maximum absolute atomic E-state index is 11.0. The largest absolute Gasteiger partial charge is 0.354 e. The molecule has 0 saturated carbocycles. The average molecular weight is 251 g/mol. The average Bonchev–Trinajstić information content (AvgIpc) is 2.84. The monoisotopic (exact) mass is 251 g/mol. The van der Waals surface area contributed by atoms with Gasteiger partial charge in [0, 0.05) is 32.6 Å². The van der Waals surface area contributed by atoms with Gasteiger partial charge in [-0.3, -0.25) is 9.48 Å². The van der Waals surface area contributed by atoms with Crippen LogP contribution in [0.1, 0.15) is 26.2 Å². The van der Waals surface area contributed by atoms with Gasteiger partial charge in [0.25, 0.3) is 0 Å². The smallest absolute Gasteiger partial charge is 0.217 e. The van der Waals surface area contributed by atoms with E-state index in [2.05, 4.69) is 20.3 Å². The molecule has 0 atom stereocenters. The van der Waals surface area contributed by atoms with Crippen molar-refractivity contribution in [3.8, 4) is 0 Å². The molecule has 2 heterocycles. The Bertz CT molecular complexity index is 357. The number of carbonyl (C=O) groups excluding carboxylic acids is 1. The minimum absolute atomic E-state index is 0.0830. The van der Waals surface area contributed by atoms with Crippen molar-refractivity contribution in [2.75, 3.05) is 19.6 Å². The molecule has 0 radical (unpaired) electrons. The predicted octanol–water partition coefficient (Wildman–Crippen LogP) is 0.269. The third-order valence-corrected chi connectivity index (χ3v) is 3.32. The van der Waals surface area contributed by atoms with Crippen molar-refractivity contribution >= 4 is 5.91 Å². The standard InChI is InChI=1S/C12H21N5O/c1-11(18)15-12-3-7-16(8-4-12)5-2-6-17-10-13-9-14-17/h9-10,12H,2-8H2,1H3,(H,15,18). The summed E-state index contributed by atoms with van der Waals surface area (Å²) in [6, 6.07) is 0.370. The number of likely N-dealkylation sites (tertiary alicyclic amines) is 1. The van der Waals surface area contributed by atoms with Gasteiger partial charge in [-0.25, -0.2) is 4.98 Å². The van der Waals surface area contributed by atoms with E-state index in [4.69, 9.17) is 0 Å². The number of piperidine rings is 1. The van der Waals surface area contributed by atoms with Gasteiger partial charge in [0.2, 0.25) is 5.91 Å². The summed E-state index contributed by atoms with van der Waals surface area (Å²) in [6.45, 7) is 5.74. The number of hydrogen-bond acceptors (Lipinski definition) is 4. The third-order valence-electron chi connectivity index (χ3n) is 3.32. The molecule has 1 saturated heterocycles. The second-order valence-corrected chi connectivity index (χ2v) is 4.83. The summed E-state index contributed by atoms with van der Waals surface area (Å²) in [5.41, 5.74) is 0. The van der Waals surface area contributed by atoms with Crippen LogP contribution in [0.2, 0.25) is 0 Å². The van der Waals surface area contributed by atoms with Crippen molar-refractivity contribution in [2.24, 2.45) is 0 Å². The van der Waals surface area contributed by atoms with Crippen molar-refractivity contribution in [1.29, 1.82) is 0 Å². The molecule has 1 aliphatic rings. The Hall–Kier alpha value is -1.43. The second-order valence-electron chi connectivity index (χ2n) is 4.83. The molecule has 0 spiro atoms. The van der Waals surface area contributed by atoms with E-state index in [-0.39, 0.29) is 5.91 Å². The zero-order valence-electron chi connectivity index (χ0n) is 10.9. The van der Waals surface area contributed by atoms with Crippen LogP contribution in [0.3, 0.4) is 0 Å². The molecule has 1 aromatic rings. The summed E-state index contributed by atoms with van der Waals surface area (Å²) in [6.07, 6.45) is 6.53. The maximum atomic E-state index is 11.0. The van der Waals surface area contributed by atoms with Crippen LogP contribution in [-0.2, 0) is 11.3 Å². The van der Waals surface area contributed by atoms with Gasteiger partial charge in [-0.15, -0.1) is 0 Å². The Labute approximate surface area is 107 Å². The van der Waals surface area contributed by atoms with Crippen molar-refractivity contribution in [3.05, 3.63) is 12.7 Å². The van der Waals surface area contributed by atoms with E-state index in [0.717, 1.165) is 45.4 Å². The number of aryl methyl sites for hydroxylation is 1. The van der Waals surface area contributed by atoms with Crippen molar-refractivity contribution in [2.45, 2.75) is 38.8 Å². The predicted molar refractivity (Wildman–Crippen MR) is 67.9 cm³/mol. The van der Waals surface area contributed by atoms with Crippen LogP contribution in [0.5, 0.6) is 0 Å². The molecule has 100 valence electrons. The quantitative estimate of drug-likeness (QED) is 0.816. The molecule has 1 fully saturated rings. The van der Waals surface area contributed by atoms with Crippen LogP contribution in [0.25, 0.3) is 0 Å². The lowest BCUT2D eigenvalue weighted by atomic mass is 10.0. The van der Waals surface area contributed by atoms with Crippen LogP contribution in [0.4, 0.5) is 0 Å². The SMILES string of the molecule is CC(=O)NC1CCN(CCCn2cncn2)CC1. The molecular weight excluding hydrogens is 230 g/mol. The Morgan fingerprint density at radius 3 is 2.78 bits per heavy atom. The maximum Gasteiger partial charge on any atom is 0.217 e. The molecule has 1 aromatic heterocycles. The molecule has 1 aliphatic heterocycles. The van der Waals surface area contributed by atoms with E-state index in [9.17, 15) is 4.79 Å². The van der Waals surface area contributed by atoms with Gasteiger partial charge in [0.1, 0.15) is 12.7 Å². The van der Waals surface area contributed by atoms with E-state index >= 15 is 0 Å². The summed E-state index contributed by atoms with van der Waals surface area (Å²) in [7, 11) is 0. The highest BCUT2D eigenvalue weighted by atomic mass is 16.1. The van der Waals surface area contributed by atoms with E-state index in [0.29, 0.717) is 6.04 Å². The molecule has 18 heavy (non-hydrogen) atoms. The summed E-state index contributed by atoms with van der Waals surface area (Å²) in [5, 5.41) is 7.08. The lowest BCUT2D eigenvalue weighted by Crippen LogP contribution is -2.44. The second kappa shape index (κ2) is 6.49. The normalized spacial score (nSPS) is 17.8. The van der Waals surface area contributed by atoms with Gasteiger partial charge in [0.05, 0.1) is 0 Å². The number of rotatable bonds is 5. The van der Waals surface area contributed by atoms with Crippen LogP contribution in [0, 0.1) is 0 Å². The molecule has 6 heteroatoms. The molecule has 0 bridgehead atoms. The third kappa shape index (κ3) is 4.10. The highest BCUT2D eigenvalue weighted by Gasteiger charge is 2.18. The molecular formula is C12H21N5O. The van der Waals surface area contributed by atoms with Crippen molar-refractivity contribution < 1.29 is 4.79 Å². The molecule has 0 aliphatic carbocycles. The molecule has 1 N–H and O–H groups in total. The number of nitrogens with zero attached hydrogens (tertiary/aromatic N) is 4. The lowest BCUT2D eigenvalue weighted by molar-refractivity contribution is -0.119. The van der Waals surface area contributed by atoms with Crippen LogP contribution >= 0.6 is 0 Å². The van der Waals surface area contributed by atoms with E-state index in [1.807, 2.05) is 4.68 Å². The molecule has 6 nitrogen and oxygen atoms in total. The van der Waals surface area contributed by atoms with Crippen molar-refractivity contribution in [1.82, 2.24) is 25.0 Å². The van der Waals surface area contributed by atoms with E-state index < -0.39 is 0 Å². The molecule has 0 unspecified atom stereocenters. The zero-order chi connectivity index (χ0) is 12.8. The fourth-order valence-electron chi connectivity index (χ4n) is 2.39. The first-order valence-corrected chi connectivity index (χ1v) is 6.56. The number of nitrogens with one attached hydrogen (secondary N) is 1. The van der Waals surface area contributed by atoms with Crippen LogP contribution in [-0.4, -0.2) is 51.2 Å². The highest BCUT2D eigenvalue weighted by molar-refractivity contribution is 5.73. The summed E-state index contributed by atoms with van der Waals surface area (Å²) >= 11 is 0. The van der Waals surface area contributed by atoms with Gasteiger partial charge >= 0.3 is 0 Å². The number of hydrogen-bond donors (Lipinski definition) is 1. The Morgan fingerprint density at radius 1 is 1.39 bits per heavy atom. The summed E-state index contributed by atoms with van der Waals surface area (Å²) < 4.78 is 1.87. The first kappa shape index (κ1) is 13.0.